The number of halogens is 2. The largest absolute Gasteiger partial charge is 0.378 e. The normalized spacial score (nSPS) is 12.4. The van der Waals surface area contributed by atoms with Gasteiger partial charge in [0, 0.05) is 11.8 Å². The van der Waals surface area contributed by atoms with E-state index in [0.717, 1.165) is 18.1 Å². The summed E-state index contributed by atoms with van der Waals surface area (Å²) < 4.78 is 26.2. The van der Waals surface area contributed by atoms with E-state index in [-0.39, 0.29) is 6.04 Å². The van der Waals surface area contributed by atoms with Crippen LogP contribution in [0.25, 0.3) is 0 Å². The minimum Gasteiger partial charge on any atom is -0.378 e. The summed E-state index contributed by atoms with van der Waals surface area (Å²) in [7, 11) is 0. The van der Waals surface area contributed by atoms with Crippen molar-refractivity contribution in [1.29, 1.82) is 0 Å². The lowest BCUT2D eigenvalue weighted by atomic mass is 9.97. The molecule has 0 bridgehead atoms. The third-order valence-corrected chi connectivity index (χ3v) is 3.17. The van der Waals surface area contributed by atoms with Crippen molar-refractivity contribution in [2.75, 3.05) is 5.32 Å². The monoisotopic (exact) mass is 275 g/mol. The zero-order valence-electron chi connectivity index (χ0n) is 11.7. The van der Waals surface area contributed by atoms with Crippen LogP contribution in [-0.2, 0) is 0 Å². The fraction of sp³-hybridized carbons (Fsp3) is 0.294. The summed E-state index contributed by atoms with van der Waals surface area (Å²) in [4.78, 5) is 0. The summed E-state index contributed by atoms with van der Waals surface area (Å²) in [5.74, 6) is -1.15. The van der Waals surface area contributed by atoms with Crippen LogP contribution >= 0.6 is 0 Å². The van der Waals surface area contributed by atoms with Gasteiger partial charge in [-0.1, -0.05) is 44.2 Å². The number of rotatable bonds is 5. The zero-order valence-corrected chi connectivity index (χ0v) is 11.7. The number of hydrogen-bond acceptors (Lipinski definition) is 1. The second kappa shape index (κ2) is 6.51. The number of nitrogens with one attached hydrogen (secondary N) is 1. The predicted molar refractivity (Wildman–Crippen MR) is 78.6 cm³/mol. The summed E-state index contributed by atoms with van der Waals surface area (Å²) in [6.07, 6.45) is 0.920. The lowest BCUT2D eigenvalue weighted by Gasteiger charge is -2.22. The summed E-state index contributed by atoms with van der Waals surface area (Å²) in [5.41, 5.74) is 1.74. The van der Waals surface area contributed by atoms with Crippen molar-refractivity contribution >= 4 is 5.69 Å². The van der Waals surface area contributed by atoms with Crippen molar-refractivity contribution in [3.63, 3.8) is 0 Å². The van der Waals surface area contributed by atoms with Gasteiger partial charge in [0.05, 0.1) is 6.04 Å². The van der Waals surface area contributed by atoms with E-state index in [4.69, 9.17) is 0 Å². The van der Waals surface area contributed by atoms with Gasteiger partial charge in [-0.2, -0.15) is 0 Å². The molecule has 1 nitrogen and oxygen atoms in total. The molecule has 0 amide bonds. The molecule has 0 aliphatic heterocycles. The van der Waals surface area contributed by atoms with E-state index in [2.05, 4.69) is 19.2 Å². The Morgan fingerprint density at radius 3 is 2.25 bits per heavy atom. The molecule has 0 heterocycles. The molecule has 1 N–H and O–H groups in total. The lowest BCUT2D eigenvalue weighted by Crippen LogP contribution is -2.13. The van der Waals surface area contributed by atoms with Crippen molar-refractivity contribution in [2.45, 2.75) is 26.3 Å². The Labute approximate surface area is 118 Å². The molecule has 20 heavy (non-hydrogen) atoms. The average Bonchev–Trinajstić information content (AvgIpc) is 2.43. The fourth-order valence-electron chi connectivity index (χ4n) is 2.22. The first-order chi connectivity index (χ1) is 9.56. The Morgan fingerprint density at radius 2 is 1.65 bits per heavy atom. The van der Waals surface area contributed by atoms with Crippen molar-refractivity contribution in [3.05, 3.63) is 65.7 Å². The molecule has 0 saturated heterocycles. The van der Waals surface area contributed by atoms with E-state index in [0.29, 0.717) is 11.6 Å². The molecule has 2 rings (SSSR count). The van der Waals surface area contributed by atoms with Gasteiger partial charge in [0.1, 0.15) is 0 Å². The van der Waals surface area contributed by atoms with Crippen LogP contribution in [0.1, 0.15) is 31.9 Å². The molecule has 2 aromatic rings. The van der Waals surface area contributed by atoms with E-state index in [9.17, 15) is 8.78 Å². The molecule has 0 aliphatic carbocycles. The summed E-state index contributed by atoms with van der Waals surface area (Å²) in [5, 5.41) is 3.29. The molecule has 0 radical (unpaired) electrons. The molecular formula is C17H19F2N. The molecule has 0 fully saturated rings. The average molecular weight is 275 g/mol. The van der Waals surface area contributed by atoms with E-state index < -0.39 is 11.6 Å². The van der Waals surface area contributed by atoms with Crippen molar-refractivity contribution in [3.8, 4) is 0 Å². The van der Waals surface area contributed by atoms with E-state index in [1.54, 1.807) is 6.07 Å². The van der Waals surface area contributed by atoms with E-state index in [1.807, 2.05) is 30.3 Å². The Bertz CT molecular complexity index is 552. The Kier molecular flexibility index (Phi) is 4.72. The molecule has 106 valence electrons. The van der Waals surface area contributed by atoms with Gasteiger partial charge in [0.15, 0.2) is 11.6 Å². The van der Waals surface area contributed by atoms with Gasteiger partial charge >= 0.3 is 0 Å². The highest BCUT2D eigenvalue weighted by molar-refractivity contribution is 5.46. The first kappa shape index (κ1) is 14.5. The second-order valence-electron chi connectivity index (χ2n) is 5.37. The molecular weight excluding hydrogens is 256 g/mol. The highest BCUT2D eigenvalue weighted by Gasteiger charge is 2.14. The third kappa shape index (κ3) is 3.80. The van der Waals surface area contributed by atoms with Gasteiger partial charge in [0.2, 0.25) is 0 Å². The molecule has 0 spiro atoms. The highest BCUT2D eigenvalue weighted by Crippen LogP contribution is 2.26. The number of benzene rings is 2. The van der Waals surface area contributed by atoms with E-state index >= 15 is 0 Å². The van der Waals surface area contributed by atoms with Crippen molar-refractivity contribution in [1.82, 2.24) is 0 Å². The highest BCUT2D eigenvalue weighted by atomic mass is 19.2. The Hall–Kier alpha value is -1.90. The standard InChI is InChI=1S/C17H19F2N/c1-12(2)10-17(13-6-4-3-5-7-13)20-14-8-9-15(18)16(19)11-14/h3-9,11-12,17,20H,10H2,1-2H3. The van der Waals surface area contributed by atoms with E-state index in [1.165, 1.54) is 6.07 Å². The van der Waals surface area contributed by atoms with Crippen LogP contribution in [0.2, 0.25) is 0 Å². The lowest BCUT2D eigenvalue weighted by molar-refractivity contribution is 0.507. The number of anilines is 1. The summed E-state index contributed by atoms with van der Waals surface area (Å²) >= 11 is 0. The van der Waals surface area contributed by atoms with Crippen LogP contribution in [0.5, 0.6) is 0 Å². The quantitative estimate of drug-likeness (QED) is 0.794. The van der Waals surface area contributed by atoms with Gasteiger partial charge in [-0.15, -0.1) is 0 Å². The number of hydrogen-bond donors (Lipinski definition) is 1. The molecule has 3 heteroatoms. The second-order valence-corrected chi connectivity index (χ2v) is 5.37. The molecule has 0 aliphatic rings. The molecule has 1 unspecified atom stereocenters. The third-order valence-electron chi connectivity index (χ3n) is 3.17. The van der Waals surface area contributed by atoms with Gasteiger partial charge in [-0.05, 0) is 30.0 Å². The zero-order chi connectivity index (χ0) is 14.5. The van der Waals surface area contributed by atoms with Gasteiger partial charge in [0.25, 0.3) is 0 Å². The van der Waals surface area contributed by atoms with Crippen molar-refractivity contribution in [2.24, 2.45) is 5.92 Å². The van der Waals surface area contributed by atoms with Crippen LogP contribution in [-0.4, -0.2) is 0 Å². The van der Waals surface area contributed by atoms with Gasteiger partial charge < -0.3 is 5.32 Å². The van der Waals surface area contributed by atoms with Crippen LogP contribution in [0.4, 0.5) is 14.5 Å². The van der Waals surface area contributed by atoms with Gasteiger partial charge in [-0.3, -0.25) is 0 Å². The maximum absolute atomic E-state index is 13.3. The van der Waals surface area contributed by atoms with Gasteiger partial charge in [-0.25, -0.2) is 8.78 Å². The summed E-state index contributed by atoms with van der Waals surface area (Å²) in [6.45, 7) is 4.28. The topological polar surface area (TPSA) is 12.0 Å². The summed E-state index contributed by atoms with van der Waals surface area (Å²) in [6, 6.07) is 14.0. The molecule has 2 aromatic carbocycles. The predicted octanol–water partition coefficient (Wildman–Crippen LogP) is 5.16. The first-order valence-electron chi connectivity index (χ1n) is 6.83. The maximum Gasteiger partial charge on any atom is 0.160 e. The minimum atomic E-state index is -0.827. The van der Waals surface area contributed by atoms with Crippen LogP contribution < -0.4 is 5.32 Å². The molecule has 1 atom stereocenters. The Morgan fingerprint density at radius 1 is 0.950 bits per heavy atom. The van der Waals surface area contributed by atoms with Crippen LogP contribution in [0.3, 0.4) is 0 Å². The van der Waals surface area contributed by atoms with Crippen molar-refractivity contribution < 1.29 is 8.78 Å². The maximum atomic E-state index is 13.3. The molecule has 0 saturated carbocycles. The first-order valence-corrected chi connectivity index (χ1v) is 6.83. The van der Waals surface area contributed by atoms with Crippen LogP contribution in [0, 0.1) is 17.6 Å². The Balaban J connectivity index is 2.21. The minimum absolute atomic E-state index is 0.0843. The SMILES string of the molecule is CC(C)CC(Nc1ccc(F)c(F)c1)c1ccccc1. The fourth-order valence-corrected chi connectivity index (χ4v) is 2.22. The van der Waals surface area contributed by atoms with Crippen LogP contribution in [0.15, 0.2) is 48.5 Å². The molecule has 0 aromatic heterocycles. The smallest absolute Gasteiger partial charge is 0.160 e.